The molecule has 0 aliphatic carbocycles. The van der Waals surface area contributed by atoms with Crippen molar-refractivity contribution < 1.29 is 9.59 Å². The molecule has 29 heavy (non-hydrogen) atoms. The number of piperidine rings is 2. The fourth-order valence-electron chi connectivity index (χ4n) is 4.87. The van der Waals surface area contributed by atoms with Crippen molar-refractivity contribution in [3.63, 3.8) is 0 Å². The van der Waals surface area contributed by atoms with Gasteiger partial charge in [-0.1, -0.05) is 72.8 Å². The average Bonchev–Trinajstić information content (AvgIpc) is 2.76. The predicted molar refractivity (Wildman–Crippen MR) is 115 cm³/mol. The van der Waals surface area contributed by atoms with Crippen LogP contribution in [0.4, 0.5) is 0 Å². The number of likely N-dealkylation sites (tertiary alicyclic amines) is 1. The van der Waals surface area contributed by atoms with E-state index in [-0.39, 0.29) is 17.7 Å². The fraction of sp³-hybridized carbons (Fsp3) is 0.360. The summed E-state index contributed by atoms with van der Waals surface area (Å²) in [6.45, 7) is 2.86. The average molecular weight is 389 g/mol. The highest BCUT2D eigenvalue weighted by atomic mass is 16.2. The molecule has 4 heteroatoms. The lowest BCUT2D eigenvalue weighted by atomic mass is 9.62. The molecule has 0 bridgehead atoms. The Bertz CT molecular complexity index is 870. The van der Waals surface area contributed by atoms with Crippen LogP contribution in [0.1, 0.15) is 36.8 Å². The van der Waals surface area contributed by atoms with Gasteiger partial charge in [-0.05, 0) is 49.4 Å². The number of carbonyl (C=O) groups is 2. The fourth-order valence-corrected chi connectivity index (χ4v) is 4.87. The predicted octanol–water partition coefficient (Wildman–Crippen LogP) is 3.79. The Labute approximate surface area is 172 Å². The molecule has 0 aromatic heterocycles. The highest BCUT2D eigenvalue weighted by molar-refractivity contribution is 6.03. The van der Waals surface area contributed by atoms with Crippen LogP contribution in [0.2, 0.25) is 0 Å². The zero-order valence-electron chi connectivity index (χ0n) is 16.7. The van der Waals surface area contributed by atoms with Crippen LogP contribution in [0, 0.1) is 5.92 Å². The van der Waals surface area contributed by atoms with Gasteiger partial charge in [0.15, 0.2) is 0 Å². The van der Waals surface area contributed by atoms with Crippen molar-refractivity contribution >= 4 is 17.9 Å². The molecule has 0 spiro atoms. The van der Waals surface area contributed by atoms with Gasteiger partial charge in [-0.2, -0.15) is 0 Å². The van der Waals surface area contributed by atoms with Crippen molar-refractivity contribution in [2.24, 2.45) is 5.92 Å². The van der Waals surface area contributed by atoms with E-state index in [1.54, 1.807) is 0 Å². The van der Waals surface area contributed by atoms with Crippen molar-refractivity contribution in [1.29, 1.82) is 0 Å². The van der Waals surface area contributed by atoms with E-state index in [1.807, 2.05) is 48.5 Å². The maximum Gasteiger partial charge on any atom is 0.237 e. The first kappa shape index (κ1) is 19.6. The highest BCUT2D eigenvalue weighted by Crippen LogP contribution is 2.44. The van der Waals surface area contributed by atoms with Crippen molar-refractivity contribution in [2.75, 3.05) is 19.6 Å². The molecule has 2 aromatic rings. The van der Waals surface area contributed by atoms with Crippen molar-refractivity contribution in [2.45, 2.75) is 31.1 Å². The molecule has 1 N–H and O–H groups in total. The molecule has 2 amide bonds. The van der Waals surface area contributed by atoms with Gasteiger partial charge in [-0.15, -0.1) is 0 Å². The van der Waals surface area contributed by atoms with E-state index in [1.165, 1.54) is 5.56 Å². The molecule has 2 heterocycles. The van der Waals surface area contributed by atoms with Crippen LogP contribution in [0.5, 0.6) is 0 Å². The van der Waals surface area contributed by atoms with Crippen molar-refractivity contribution in [1.82, 2.24) is 10.2 Å². The molecule has 0 saturated carbocycles. The van der Waals surface area contributed by atoms with E-state index in [4.69, 9.17) is 0 Å². The minimum Gasteiger partial charge on any atom is -0.300 e. The molecular weight excluding hydrogens is 360 g/mol. The van der Waals surface area contributed by atoms with Crippen LogP contribution in [0.3, 0.4) is 0 Å². The normalized spacial score (nSPS) is 24.0. The second kappa shape index (κ2) is 8.75. The van der Waals surface area contributed by atoms with Gasteiger partial charge in [0, 0.05) is 13.0 Å². The maximum absolute atomic E-state index is 13.1. The van der Waals surface area contributed by atoms with Crippen LogP contribution >= 0.6 is 0 Å². The monoisotopic (exact) mass is 388 g/mol. The van der Waals surface area contributed by atoms with Gasteiger partial charge < -0.3 is 0 Å². The Morgan fingerprint density at radius 2 is 1.62 bits per heavy atom. The summed E-state index contributed by atoms with van der Waals surface area (Å²) in [6, 6.07) is 20.4. The summed E-state index contributed by atoms with van der Waals surface area (Å²) in [5, 5.41) is 2.63. The number of imide groups is 1. The van der Waals surface area contributed by atoms with Crippen LogP contribution < -0.4 is 5.32 Å². The Morgan fingerprint density at radius 3 is 2.28 bits per heavy atom. The van der Waals surface area contributed by atoms with Gasteiger partial charge in [-0.25, -0.2) is 0 Å². The van der Waals surface area contributed by atoms with Crippen molar-refractivity contribution in [3.8, 4) is 0 Å². The topological polar surface area (TPSA) is 49.4 Å². The maximum atomic E-state index is 13.1. The standard InChI is InChI=1S/C25H28N2O2/c28-23-13-16-25(24(29)26-23,21-11-5-2-6-12-21)22-14-18-27(19-15-22)17-7-10-20-8-3-1-4-9-20/h1-12,22H,13-19H2,(H,26,28,29)/b10-7+/t25-/m0/s1. The minimum atomic E-state index is -0.582. The Kier molecular flexibility index (Phi) is 5.91. The quantitative estimate of drug-likeness (QED) is 0.793. The molecule has 0 unspecified atom stereocenters. The molecule has 0 radical (unpaired) electrons. The molecule has 2 aliphatic heterocycles. The second-order valence-corrected chi connectivity index (χ2v) is 8.10. The summed E-state index contributed by atoms with van der Waals surface area (Å²) in [6.07, 6.45) is 7.35. The SMILES string of the molecule is O=C1CC[C@](c2ccccc2)(C2CCN(C/C=C/c3ccccc3)CC2)C(=O)N1. The zero-order valence-corrected chi connectivity index (χ0v) is 16.7. The van der Waals surface area contributed by atoms with Crippen LogP contribution in [-0.2, 0) is 15.0 Å². The van der Waals surface area contributed by atoms with Gasteiger partial charge in [0.25, 0.3) is 0 Å². The third-order valence-corrected chi connectivity index (χ3v) is 6.45. The smallest absolute Gasteiger partial charge is 0.237 e. The molecule has 2 aromatic carbocycles. The molecule has 2 fully saturated rings. The Morgan fingerprint density at radius 1 is 0.966 bits per heavy atom. The number of nitrogens with one attached hydrogen (secondary N) is 1. The number of nitrogens with zero attached hydrogens (tertiary/aromatic N) is 1. The third kappa shape index (κ3) is 4.18. The molecule has 4 nitrogen and oxygen atoms in total. The summed E-state index contributed by atoms with van der Waals surface area (Å²) < 4.78 is 0. The lowest BCUT2D eigenvalue weighted by Gasteiger charge is -2.45. The molecule has 2 saturated heterocycles. The zero-order chi connectivity index (χ0) is 20.1. The lowest BCUT2D eigenvalue weighted by Crippen LogP contribution is -2.57. The molecule has 2 aliphatic rings. The van der Waals surface area contributed by atoms with Gasteiger partial charge >= 0.3 is 0 Å². The van der Waals surface area contributed by atoms with Crippen LogP contribution in [0.15, 0.2) is 66.7 Å². The molecular formula is C25H28N2O2. The number of benzene rings is 2. The number of hydrogen-bond donors (Lipinski definition) is 1. The third-order valence-electron chi connectivity index (χ3n) is 6.45. The first-order chi connectivity index (χ1) is 14.2. The Balaban J connectivity index is 1.44. The van der Waals surface area contributed by atoms with E-state index in [2.05, 4.69) is 34.5 Å². The lowest BCUT2D eigenvalue weighted by molar-refractivity contribution is -0.140. The largest absolute Gasteiger partial charge is 0.300 e. The highest BCUT2D eigenvalue weighted by Gasteiger charge is 2.50. The van der Waals surface area contributed by atoms with E-state index < -0.39 is 5.41 Å². The van der Waals surface area contributed by atoms with Crippen molar-refractivity contribution in [3.05, 3.63) is 77.9 Å². The summed E-state index contributed by atoms with van der Waals surface area (Å²) >= 11 is 0. The van der Waals surface area contributed by atoms with E-state index >= 15 is 0 Å². The molecule has 1 atom stereocenters. The van der Waals surface area contributed by atoms with E-state index in [0.29, 0.717) is 12.8 Å². The van der Waals surface area contributed by atoms with Crippen LogP contribution in [0.25, 0.3) is 6.08 Å². The first-order valence-corrected chi connectivity index (χ1v) is 10.5. The number of amides is 2. The van der Waals surface area contributed by atoms with Gasteiger partial charge in [0.05, 0.1) is 5.41 Å². The van der Waals surface area contributed by atoms with E-state index in [9.17, 15) is 9.59 Å². The van der Waals surface area contributed by atoms with Gasteiger partial charge in [0.2, 0.25) is 11.8 Å². The second-order valence-electron chi connectivity index (χ2n) is 8.10. The summed E-state index contributed by atoms with van der Waals surface area (Å²) in [5.74, 6) is -0.000215. The van der Waals surface area contributed by atoms with Crippen LogP contribution in [-0.4, -0.2) is 36.3 Å². The summed E-state index contributed by atoms with van der Waals surface area (Å²) in [7, 11) is 0. The van der Waals surface area contributed by atoms with Gasteiger partial charge in [-0.3, -0.25) is 19.8 Å². The Hall–Kier alpha value is -2.72. The minimum absolute atomic E-state index is 0.109. The number of rotatable bonds is 5. The number of carbonyl (C=O) groups excluding carboxylic acids is 2. The molecule has 150 valence electrons. The summed E-state index contributed by atoms with van der Waals surface area (Å²) in [4.78, 5) is 27.3. The number of hydrogen-bond acceptors (Lipinski definition) is 3. The van der Waals surface area contributed by atoms with Gasteiger partial charge in [0.1, 0.15) is 0 Å². The first-order valence-electron chi connectivity index (χ1n) is 10.5. The van der Waals surface area contributed by atoms with E-state index in [0.717, 1.165) is 38.0 Å². The molecule has 4 rings (SSSR count). The summed E-state index contributed by atoms with van der Waals surface area (Å²) in [5.41, 5.74) is 1.68.